The van der Waals surface area contributed by atoms with E-state index in [2.05, 4.69) is 29.4 Å². The van der Waals surface area contributed by atoms with E-state index in [-0.39, 0.29) is 12.5 Å². The van der Waals surface area contributed by atoms with Gasteiger partial charge in [-0.1, -0.05) is 29.3 Å². The zero-order valence-corrected chi connectivity index (χ0v) is 17.7. The summed E-state index contributed by atoms with van der Waals surface area (Å²) in [5.74, 6) is 0.131. The SMILES string of the molecule is Cc1ccc2nc(-c3ccc(NC(=O)COc4ccc(Cl)cc4Cl)cc3)sc2c1. The smallest absolute Gasteiger partial charge is 0.262 e. The monoisotopic (exact) mass is 442 g/mol. The largest absolute Gasteiger partial charge is 0.482 e. The van der Waals surface area contributed by atoms with Gasteiger partial charge in [-0.05, 0) is 67.1 Å². The maximum atomic E-state index is 12.2. The van der Waals surface area contributed by atoms with Gasteiger partial charge in [-0.15, -0.1) is 11.3 Å². The van der Waals surface area contributed by atoms with E-state index in [1.807, 2.05) is 30.3 Å². The molecule has 146 valence electrons. The lowest BCUT2D eigenvalue weighted by Gasteiger charge is -2.09. The van der Waals surface area contributed by atoms with Crippen molar-refractivity contribution in [1.82, 2.24) is 4.98 Å². The first-order chi connectivity index (χ1) is 14.0. The number of amides is 1. The van der Waals surface area contributed by atoms with Crippen LogP contribution in [0.25, 0.3) is 20.8 Å². The predicted molar refractivity (Wildman–Crippen MR) is 120 cm³/mol. The Morgan fingerprint density at radius 1 is 1.07 bits per heavy atom. The van der Waals surface area contributed by atoms with Gasteiger partial charge in [0.05, 0.1) is 15.2 Å². The number of benzene rings is 3. The number of rotatable bonds is 5. The van der Waals surface area contributed by atoms with E-state index in [9.17, 15) is 4.79 Å². The Kier molecular flexibility index (Phi) is 5.72. The number of nitrogens with zero attached hydrogens (tertiary/aromatic N) is 1. The first-order valence-electron chi connectivity index (χ1n) is 8.83. The number of ether oxygens (including phenoxy) is 1. The number of fused-ring (bicyclic) bond motifs is 1. The minimum atomic E-state index is -0.278. The summed E-state index contributed by atoms with van der Waals surface area (Å²) >= 11 is 13.5. The van der Waals surface area contributed by atoms with E-state index in [4.69, 9.17) is 27.9 Å². The molecule has 29 heavy (non-hydrogen) atoms. The first-order valence-corrected chi connectivity index (χ1v) is 10.4. The molecule has 4 nitrogen and oxygen atoms in total. The van der Waals surface area contributed by atoms with Crippen molar-refractivity contribution >= 4 is 56.3 Å². The quantitative estimate of drug-likeness (QED) is 0.378. The summed E-state index contributed by atoms with van der Waals surface area (Å²) in [4.78, 5) is 16.8. The number of aryl methyl sites for hydroxylation is 1. The topological polar surface area (TPSA) is 51.2 Å². The maximum Gasteiger partial charge on any atom is 0.262 e. The molecular formula is C22H16Cl2N2O2S. The van der Waals surface area contributed by atoms with Gasteiger partial charge in [-0.3, -0.25) is 4.79 Å². The summed E-state index contributed by atoms with van der Waals surface area (Å²) in [6.07, 6.45) is 0. The molecular weight excluding hydrogens is 427 g/mol. The van der Waals surface area contributed by atoms with E-state index in [1.165, 1.54) is 5.56 Å². The maximum absolute atomic E-state index is 12.2. The summed E-state index contributed by atoms with van der Waals surface area (Å²) < 4.78 is 6.61. The lowest BCUT2D eigenvalue weighted by Crippen LogP contribution is -2.20. The summed E-state index contributed by atoms with van der Waals surface area (Å²) in [7, 11) is 0. The average molecular weight is 443 g/mol. The second-order valence-corrected chi connectivity index (χ2v) is 8.35. The van der Waals surface area contributed by atoms with Crippen LogP contribution in [0.4, 0.5) is 5.69 Å². The highest BCUT2D eigenvalue weighted by atomic mass is 35.5. The molecule has 0 spiro atoms. The van der Waals surface area contributed by atoms with Crippen LogP contribution in [0.2, 0.25) is 10.0 Å². The van der Waals surface area contributed by atoms with Crippen LogP contribution in [0.3, 0.4) is 0 Å². The third-order valence-corrected chi connectivity index (χ3v) is 5.81. The molecule has 4 aromatic rings. The zero-order valence-electron chi connectivity index (χ0n) is 15.4. The molecule has 1 amide bonds. The average Bonchev–Trinajstić information content (AvgIpc) is 3.11. The molecule has 1 heterocycles. The van der Waals surface area contributed by atoms with E-state index in [0.717, 1.165) is 20.8 Å². The van der Waals surface area contributed by atoms with Crippen LogP contribution in [-0.4, -0.2) is 17.5 Å². The highest BCUT2D eigenvalue weighted by Crippen LogP contribution is 2.31. The molecule has 4 rings (SSSR count). The number of halogens is 2. The van der Waals surface area contributed by atoms with Crippen LogP contribution < -0.4 is 10.1 Å². The first kappa shape index (κ1) is 19.7. The van der Waals surface area contributed by atoms with E-state index < -0.39 is 0 Å². The summed E-state index contributed by atoms with van der Waals surface area (Å²) in [6, 6.07) is 18.7. The molecule has 1 N–H and O–H groups in total. The summed E-state index contributed by atoms with van der Waals surface area (Å²) in [5, 5.41) is 4.63. The van der Waals surface area contributed by atoms with Gasteiger partial charge in [0.1, 0.15) is 10.8 Å². The van der Waals surface area contributed by atoms with Crippen LogP contribution in [0.1, 0.15) is 5.56 Å². The number of carbonyl (C=O) groups excluding carboxylic acids is 1. The molecule has 0 saturated carbocycles. The van der Waals surface area contributed by atoms with Crippen molar-refractivity contribution in [1.29, 1.82) is 0 Å². The molecule has 0 atom stereocenters. The van der Waals surface area contributed by atoms with Gasteiger partial charge in [0, 0.05) is 16.3 Å². The standard InChI is InChI=1S/C22H16Cl2N2O2S/c1-13-2-8-18-20(10-13)29-22(26-18)14-3-6-16(7-4-14)25-21(27)12-28-19-9-5-15(23)11-17(19)24/h2-11H,12H2,1H3,(H,25,27). The van der Waals surface area contributed by atoms with Crippen molar-refractivity contribution in [2.45, 2.75) is 6.92 Å². The summed E-state index contributed by atoms with van der Waals surface area (Å²) in [6.45, 7) is 1.92. The second-order valence-electron chi connectivity index (χ2n) is 6.48. The molecule has 0 fully saturated rings. The Labute approximate surface area is 182 Å². The van der Waals surface area contributed by atoms with Crippen LogP contribution >= 0.6 is 34.5 Å². The number of anilines is 1. The van der Waals surface area contributed by atoms with Crippen molar-refractivity contribution in [3.05, 3.63) is 76.3 Å². The third kappa shape index (κ3) is 4.70. The highest BCUT2D eigenvalue weighted by Gasteiger charge is 2.09. The van der Waals surface area contributed by atoms with Crippen LogP contribution in [0.5, 0.6) is 5.75 Å². The minimum absolute atomic E-state index is 0.152. The molecule has 0 bridgehead atoms. The Balaban J connectivity index is 1.40. The van der Waals surface area contributed by atoms with Gasteiger partial charge in [-0.2, -0.15) is 0 Å². The fourth-order valence-corrected chi connectivity index (χ4v) is 4.32. The van der Waals surface area contributed by atoms with E-state index in [0.29, 0.717) is 21.5 Å². The molecule has 7 heteroatoms. The number of nitrogens with one attached hydrogen (secondary N) is 1. The van der Waals surface area contributed by atoms with Crippen LogP contribution in [-0.2, 0) is 4.79 Å². The zero-order chi connectivity index (χ0) is 20.4. The molecule has 0 unspecified atom stereocenters. The van der Waals surface area contributed by atoms with Crippen LogP contribution in [0, 0.1) is 6.92 Å². The third-order valence-electron chi connectivity index (χ3n) is 4.21. The highest BCUT2D eigenvalue weighted by molar-refractivity contribution is 7.21. The van der Waals surface area contributed by atoms with Crippen molar-refractivity contribution in [3.63, 3.8) is 0 Å². The van der Waals surface area contributed by atoms with Gasteiger partial charge in [-0.25, -0.2) is 4.98 Å². The van der Waals surface area contributed by atoms with Gasteiger partial charge in [0.2, 0.25) is 0 Å². The number of carbonyl (C=O) groups is 1. The second kappa shape index (κ2) is 8.41. The normalized spacial score (nSPS) is 10.9. The lowest BCUT2D eigenvalue weighted by molar-refractivity contribution is -0.118. The van der Waals surface area contributed by atoms with E-state index >= 15 is 0 Å². The van der Waals surface area contributed by atoms with Gasteiger partial charge < -0.3 is 10.1 Å². The Bertz CT molecular complexity index is 1190. The molecule has 0 aliphatic carbocycles. The summed E-state index contributed by atoms with van der Waals surface area (Å²) in [5.41, 5.74) is 3.89. The number of thiazole rings is 1. The lowest BCUT2D eigenvalue weighted by atomic mass is 10.2. The molecule has 0 radical (unpaired) electrons. The van der Waals surface area contributed by atoms with Gasteiger partial charge in [0.15, 0.2) is 6.61 Å². The van der Waals surface area contributed by atoms with Crippen molar-refractivity contribution in [3.8, 4) is 16.3 Å². The number of aromatic nitrogens is 1. The Hall–Kier alpha value is -2.60. The van der Waals surface area contributed by atoms with Gasteiger partial charge in [0.25, 0.3) is 5.91 Å². The molecule has 3 aromatic carbocycles. The number of hydrogen-bond donors (Lipinski definition) is 1. The van der Waals surface area contributed by atoms with E-state index in [1.54, 1.807) is 29.5 Å². The van der Waals surface area contributed by atoms with Crippen LogP contribution in [0.15, 0.2) is 60.7 Å². The predicted octanol–water partition coefficient (Wildman–Crippen LogP) is 6.60. The minimum Gasteiger partial charge on any atom is -0.482 e. The fourth-order valence-electron chi connectivity index (χ4n) is 2.78. The number of hydrogen-bond acceptors (Lipinski definition) is 4. The Morgan fingerprint density at radius 3 is 2.62 bits per heavy atom. The molecule has 0 aliphatic rings. The van der Waals surface area contributed by atoms with Crippen molar-refractivity contribution < 1.29 is 9.53 Å². The Morgan fingerprint density at radius 2 is 1.86 bits per heavy atom. The van der Waals surface area contributed by atoms with Crippen molar-refractivity contribution in [2.24, 2.45) is 0 Å². The molecule has 1 aromatic heterocycles. The molecule has 0 saturated heterocycles. The van der Waals surface area contributed by atoms with Gasteiger partial charge >= 0.3 is 0 Å². The molecule has 0 aliphatic heterocycles. The fraction of sp³-hybridized carbons (Fsp3) is 0.0909. The van der Waals surface area contributed by atoms with Crippen molar-refractivity contribution in [2.75, 3.05) is 11.9 Å².